The van der Waals surface area contributed by atoms with Gasteiger partial charge in [-0.15, -0.1) is 0 Å². The first kappa shape index (κ1) is 28.4. The van der Waals surface area contributed by atoms with E-state index in [-0.39, 0.29) is 5.41 Å². The van der Waals surface area contributed by atoms with Crippen LogP contribution in [0.5, 0.6) is 0 Å². The number of hydrogen-bond acceptors (Lipinski definition) is 2. The topological polar surface area (TPSA) is 21.1 Å². The van der Waals surface area contributed by atoms with Gasteiger partial charge in [0.05, 0.1) is 34.3 Å². The number of pyridine rings is 1. The zero-order valence-electron chi connectivity index (χ0n) is 28.4. The highest BCUT2D eigenvalue weighted by atomic mass is 15.2. The van der Waals surface area contributed by atoms with Crippen molar-refractivity contribution in [3.63, 3.8) is 0 Å². The second kappa shape index (κ2) is 10.3. The Morgan fingerprint density at radius 1 is 0.490 bits per heavy atom. The summed E-state index contributed by atoms with van der Waals surface area (Å²) < 4.78 is 2.32. The molecule has 0 saturated heterocycles. The predicted molar refractivity (Wildman–Crippen MR) is 213 cm³/mol. The van der Waals surface area contributed by atoms with Crippen molar-refractivity contribution >= 4 is 49.6 Å². The van der Waals surface area contributed by atoms with Crippen LogP contribution in [0.2, 0.25) is 0 Å². The minimum Gasteiger partial charge on any atom is -0.309 e. The van der Waals surface area contributed by atoms with Gasteiger partial charge in [0.15, 0.2) is 0 Å². The van der Waals surface area contributed by atoms with Crippen LogP contribution in [-0.2, 0) is 5.41 Å². The Morgan fingerprint density at radius 2 is 1.25 bits per heavy atom. The van der Waals surface area contributed by atoms with Crippen molar-refractivity contribution in [2.45, 2.75) is 19.3 Å². The van der Waals surface area contributed by atoms with E-state index in [1.54, 1.807) is 0 Å². The number of benzene rings is 7. The highest BCUT2D eigenvalue weighted by molar-refractivity contribution is 6.15. The summed E-state index contributed by atoms with van der Waals surface area (Å²) in [6.07, 6.45) is 3.77. The molecule has 3 heteroatoms. The molecular weight excluding hydrogens is 619 g/mol. The van der Waals surface area contributed by atoms with Crippen LogP contribution in [0.15, 0.2) is 164 Å². The number of aromatic nitrogens is 2. The monoisotopic (exact) mass is 651 g/mol. The lowest BCUT2D eigenvalue weighted by Crippen LogP contribution is -2.18. The minimum absolute atomic E-state index is 0.0954. The van der Waals surface area contributed by atoms with E-state index in [2.05, 4.69) is 174 Å². The second-order valence-electron chi connectivity index (χ2n) is 14.4. The van der Waals surface area contributed by atoms with Crippen molar-refractivity contribution in [1.29, 1.82) is 0 Å². The van der Waals surface area contributed by atoms with E-state index in [0.29, 0.717) is 0 Å². The van der Waals surface area contributed by atoms with Crippen molar-refractivity contribution in [2.24, 2.45) is 0 Å². The molecule has 0 atom stereocenters. The first-order chi connectivity index (χ1) is 25.1. The minimum atomic E-state index is -0.0954. The molecule has 3 nitrogen and oxygen atoms in total. The Bertz CT molecular complexity index is 2890. The number of hydrogen-bond donors (Lipinski definition) is 0. The maximum absolute atomic E-state index is 4.43. The zero-order valence-corrected chi connectivity index (χ0v) is 28.4. The number of para-hydroxylation sites is 1. The van der Waals surface area contributed by atoms with E-state index >= 15 is 0 Å². The fourth-order valence-electron chi connectivity index (χ4n) is 9.02. The summed E-state index contributed by atoms with van der Waals surface area (Å²) in [4.78, 5) is 6.93. The average Bonchev–Trinajstić information content (AvgIpc) is 3.63. The lowest BCUT2D eigenvalue weighted by Gasteiger charge is -2.35. The maximum Gasteiger partial charge on any atom is 0.0645 e. The van der Waals surface area contributed by atoms with E-state index < -0.39 is 0 Å². The first-order valence-electron chi connectivity index (χ1n) is 17.7. The van der Waals surface area contributed by atoms with E-state index in [1.807, 2.05) is 18.5 Å². The Hall–Kier alpha value is -6.45. The summed E-state index contributed by atoms with van der Waals surface area (Å²) in [5, 5.41) is 5.03. The second-order valence-corrected chi connectivity index (χ2v) is 14.4. The van der Waals surface area contributed by atoms with Gasteiger partial charge >= 0.3 is 0 Å². The molecule has 2 aromatic heterocycles. The standard InChI is InChI=1S/C48H33N3/c1-48(2)41-19-5-3-16-35(41)38-27-40-37-18-8-11-30-12-9-21-45(47(30)37)50(46(40)28-42(38)48)33-14-7-13-31(25-33)32-22-23-44-39(26-32)36-17-4-6-20-43(36)51(44)34-15-10-24-49-29-34/h3-29H,1-2H3. The van der Waals surface area contributed by atoms with Crippen LogP contribution in [0.1, 0.15) is 25.0 Å². The van der Waals surface area contributed by atoms with Gasteiger partial charge in [-0.3, -0.25) is 4.98 Å². The van der Waals surface area contributed by atoms with Gasteiger partial charge in [0.1, 0.15) is 0 Å². The molecule has 240 valence electrons. The molecule has 7 aromatic carbocycles. The fraction of sp³-hybridized carbons (Fsp3) is 0.0625. The molecule has 0 spiro atoms. The van der Waals surface area contributed by atoms with Gasteiger partial charge in [0, 0.05) is 39.0 Å². The molecule has 0 N–H and O–H groups in total. The maximum atomic E-state index is 4.43. The van der Waals surface area contributed by atoms with Crippen LogP contribution in [0.25, 0.3) is 71.6 Å². The third-order valence-corrected chi connectivity index (χ3v) is 11.4. The smallest absolute Gasteiger partial charge is 0.0645 e. The van der Waals surface area contributed by atoms with E-state index in [4.69, 9.17) is 0 Å². The largest absolute Gasteiger partial charge is 0.309 e. The first-order valence-corrected chi connectivity index (χ1v) is 17.7. The van der Waals surface area contributed by atoms with Crippen molar-refractivity contribution in [2.75, 3.05) is 4.90 Å². The highest BCUT2D eigenvalue weighted by Gasteiger charge is 2.38. The average molecular weight is 652 g/mol. The molecule has 0 amide bonds. The SMILES string of the molecule is CC1(C)c2ccccc2-c2cc3c(cc21)N(c1cccc(-c2ccc4c(c2)c2ccccc2n4-c2cccnc2)c1)c1cccc2cccc-3c12. The molecule has 0 saturated carbocycles. The molecule has 0 bridgehead atoms. The van der Waals surface area contributed by atoms with Crippen LogP contribution in [-0.4, -0.2) is 9.55 Å². The fourth-order valence-corrected chi connectivity index (χ4v) is 9.02. The van der Waals surface area contributed by atoms with Gasteiger partial charge in [0.25, 0.3) is 0 Å². The molecule has 0 radical (unpaired) electrons. The van der Waals surface area contributed by atoms with Crippen molar-refractivity contribution in [1.82, 2.24) is 9.55 Å². The van der Waals surface area contributed by atoms with E-state index in [1.165, 1.54) is 88.5 Å². The van der Waals surface area contributed by atoms with Gasteiger partial charge in [0.2, 0.25) is 0 Å². The van der Waals surface area contributed by atoms with E-state index in [9.17, 15) is 0 Å². The van der Waals surface area contributed by atoms with Crippen molar-refractivity contribution in [3.05, 3.63) is 175 Å². The quantitative estimate of drug-likeness (QED) is 0.190. The van der Waals surface area contributed by atoms with Crippen LogP contribution >= 0.6 is 0 Å². The summed E-state index contributed by atoms with van der Waals surface area (Å²) in [7, 11) is 0. The molecule has 9 aromatic rings. The van der Waals surface area contributed by atoms with Gasteiger partial charge in [-0.1, -0.05) is 105 Å². The predicted octanol–water partition coefficient (Wildman–Crippen LogP) is 12.8. The Morgan fingerprint density at radius 3 is 2.16 bits per heavy atom. The number of nitrogens with zero attached hydrogens (tertiary/aromatic N) is 3. The summed E-state index contributed by atoms with van der Waals surface area (Å²) in [5.41, 5.74) is 17.4. The molecule has 1 aliphatic carbocycles. The third kappa shape index (κ3) is 3.92. The highest BCUT2D eigenvalue weighted by Crippen LogP contribution is 2.57. The number of anilines is 3. The molecule has 3 heterocycles. The van der Waals surface area contributed by atoms with Crippen molar-refractivity contribution < 1.29 is 0 Å². The van der Waals surface area contributed by atoms with Crippen LogP contribution < -0.4 is 4.90 Å². The van der Waals surface area contributed by atoms with Crippen LogP contribution in [0.4, 0.5) is 17.1 Å². The summed E-state index contributed by atoms with van der Waals surface area (Å²) in [6, 6.07) is 56.1. The molecule has 0 fully saturated rings. The zero-order chi connectivity index (χ0) is 33.8. The Balaban J connectivity index is 1.12. The lowest BCUT2D eigenvalue weighted by molar-refractivity contribution is 0.660. The summed E-state index contributed by atoms with van der Waals surface area (Å²) in [5.74, 6) is 0. The summed E-state index contributed by atoms with van der Waals surface area (Å²) >= 11 is 0. The molecule has 51 heavy (non-hydrogen) atoms. The number of fused-ring (bicyclic) bond motifs is 8. The molecule has 1 aliphatic heterocycles. The Labute approximate surface area is 296 Å². The molecule has 0 unspecified atom stereocenters. The van der Waals surface area contributed by atoms with Crippen LogP contribution in [0, 0.1) is 0 Å². The Kier molecular flexibility index (Phi) is 5.73. The third-order valence-electron chi connectivity index (χ3n) is 11.4. The van der Waals surface area contributed by atoms with Crippen LogP contribution in [0.3, 0.4) is 0 Å². The normalized spacial score (nSPS) is 13.8. The molecule has 11 rings (SSSR count). The summed E-state index contributed by atoms with van der Waals surface area (Å²) in [6.45, 7) is 4.74. The van der Waals surface area contributed by atoms with Gasteiger partial charge in [-0.25, -0.2) is 0 Å². The van der Waals surface area contributed by atoms with Crippen molar-refractivity contribution in [3.8, 4) is 39.1 Å². The molecular formula is C48H33N3. The van der Waals surface area contributed by atoms with Gasteiger partial charge in [-0.05, 0) is 105 Å². The number of rotatable bonds is 3. The lowest BCUT2D eigenvalue weighted by atomic mass is 9.81. The van der Waals surface area contributed by atoms with Gasteiger partial charge in [-0.2, -0.15) is 0 Å². The van der Waals surface area contributed by atoms with Gasteiger partial charge < -0.3 is 9.47 Å². The van der Waals surface area contributed by atoms with E-state index in [0.717, 1.165) is 11.4 Å². The molecule has 2 aliphatic rings.